The van der Waals surface area contributed by atoms with Crippen LogP contribution in [-0.2, 0) is 0 Å². The lowest BCUT2D eigenvalue weighted by Gasteiger charge is -2.26. The van der Waals surface area contributed by atoms with E-state index in [0.29, 0.717) is 0 Å². The molecule has 0 saturated carbocycles. The zero-order valence-corrected chi connectivity index (χ0v) is 26.8. The molecule has 0 N–H and O–H groups in total. The van der Waals surface area contributed by atoms with Gasteiger partial charge in [-0.25, -0.2) is 0 Å². The van der Waals surface area contributed by atoms with Gasteiger partial charge in [-0.3, -0.25) is 0 Å². The first kappa shape index (κ1) is 26.2. The molecule has 50 heavy (non-hydrogen) atoms. The molecule has 0 fully saturated rings. The van der Waals surface area contributed by atoms with Crippen molar-refractivity contribution in [2.75, 3.05) is 4.90 Å². The average Bonchev–Trinajstić information content (AvgIpc) is 3.83. The Kier molecular flexibility index (Phi) is 4.94. The number of rotatable bonds is 3. The van der Waals surface area contributed by atoms with E-state index in [4.69, 9.17) is 4.42 Å². The molecule has 4 nitrogen and oxygen atoms in total. The fraction of sp³-hybridized carbons (Fsp3) is 0. The third kappa shape index (κ3) is 3.34. The maximum Gasteiger partial charge on any atom is 0.137 e. The van der Waals surface area contributed by atoms with Crippen molar-refractivity contribution >= 4 is 104 Å². The summed E-state index contributed by atoms with van der Waals surface area (Å²) in [4.78, 5) is 2.37. The highest BCUT2D eigenvalue weighted by Crippen LogP contribution is 2.44. The van der Waals surface area contributed by atoms with E-state index in [2.05, 4.69) is 165 Å². The van der Waals surface area contributed by atoms with Crippen molar-refractivity contribution in [3.63, 3.8) is 0 Å². The molecule has 8 aromatic carbocycles. The van der Waals surface area contributed by atoms with Gasteiger partial charge < -0.3 is 18.1 Å². The highest BCUT2D eigenvalue weighted by atomic mass is 16.3. The van der Waals surface area contributed by atoms with E-state index in [1.165, 1.54) is 59.9 Å². The molecule has 0 aliphatic rings. The van der Waals surface area contributed by atoms with E-state index < -0.39 is 0 Å². The van der Waals surface area contributed by atoms with Crippen LogP contribution >= 0.6 is 0 Å². The van der Waals surface area contributed by atoms with Crippen molar-refractivity contribution in [1.29, 1.82) is 0 Å². The number of fused-ring (bicyclic) bond motifs is 13. The predicted molar refractivity (Wildman–Crippen MR) is 209 cm³/mol. The molecule has 0 amide bonds. The largest absolute Gasteiger partial charge is 0.456 e. The van der Waals surface area contributed by atoms with Gasteiger partial charge in [0.1, 0.15) is 11.2 Å². The summed E-state index contributed by atoms with van der Waals surface area (Å²) in [6.45, 7) is 0. The Morgan fingerprint density at radius 1 is 0.340 bits per heavy atom. The van der Waals surface area contributed by atoms with Gasteiger partial charge in [-0.2, -0.15) is 0 Å². The molecule has 232 valence electrons. The van der Waals surface area contributed by atoms with Crippen LogP contribution in [0.15, 0.2) is 168 Å². The first-order chi connectivity index (χ1) is 24.8. The molecule has 0 aliphatic carbocycles. The van der Waals surface area contributed by atoms with Gasteiger partial charge in [0.05, 0.1) is 33.1 Å². The first-order valence-corrected chi connectivity index (χ1v) is 17.1. The average molecular weight is 638 g/mol. The summed E-state index contributed by atoms with van der Waals surface area (Å²) >= 11 is 0. The summed E-state index contributed by atoms with van der Waals surface area (Å²) in [5.74, 6) is 0. The topological polar surface area (TPSA) is 25.2 Å². The second kappa shape index (κ2) is 9.43. The van der Waals surface area contributed by atoms with Crippen molar-refractivity contribution in [2.24, 2.45) is 0 Å². The van der Waals surface area contributed by atoms with Gasteiger partial charge in [-0.15, -0.1) is 0 Å². The SMILES string of the molecule is c1ccc2cc(N(c3ccc4c(c3)oc3ccccc34)c3ccc4c(c3)n3c5ccccc5c5ccc6c7ccccc7n4c6c53)ccc2c1. The predicted octanol–water partition coefficient (Wildman–Crippen LogP) is 12.8. The highest BCUT2D eigenvalue weighted by Gasteiger charge is 2.23. The van der Waals surface area contributed by atoms with Crippen molar-refractivity contribution in [3.8, 4) is 0 Å². The molecule has 0 bridgehead atoms. The lowest BCUT2D eigenvalue weighted by molar-refractivity contribution is 0.669. The summed E-state index contributed by atoms with van der Waals surface area (Å²) in [7, 11) is 0. The van der Waals surface area contributed by atoms with E-state index in [0.717, 1.165) is 44.5 Å². The van der Waals surface area contributed by atoms with Crippen molar-refractivity contribution in [3.05, 3.63) is 164 Å². The molecule has 0 atom stereocenters. The third-order valence-corrected chi connectivity index (χ3v) is 10.8. The van der Waals surface area contributed by atoms with Gasteiger partial charge in [0.2, 0.25) is 0 Å². The number of nitrogens with zero attached hydrogens (tertiary/aromatic N) is 3. The van der Waals surface area contributed by atoms with Crippen LogP contribution in [0.2, 0.25) is 0 Å². The quantitative estimate of drug-likeness (QED) is 0.180. The Labute approximate surface area is 285 Å². The van der Waals surface area contributed by atoms with Gasteiger partial charge in [-0.1, -0.05) is 97.1 Å². The molecular weight excluding hydrogens is 611 g/mol. The number of aromatic nitrogens is 2. The number of anilines is 3. The second-order valence-electron chi connectivity index (χ2n) is 13.4. The van der Waals surface area contributed by atoms with Crippen LogP contribution in [-0.4, -0.2) is 8.80 Å². The first-order valence-electron chi connectivity index (χ1n) is 17.1. The van der Waals surface area contributed by atoms with Crippen molar-refractivity contribution < 1.29 is 4.42 Å². The maximum atomic E-state index is 6.42. The fourth-order valence-electron chi connectivity index (χ4n) is 8.64. The smallest absolute Gasteiger partial charge is 0.137 e. The lowest BCUT2D eigenvalue weighted by Crippen LogP contribution is -2.10. The standard InChI is InChI=1S/C46H27N3O/c1-2-10-29-25-30(18-17-28(29)9-1)47(32-19-21-36-35-13-5-8-16-43(35)50-44(36)27-32)31-20-24-41-42(26-31)49-40-15-7-4-12-34(40)38-23-22-37-33-11-3-6-14-39(33)48(41)45(37)46(38)49/h1-27H. The highest BCUT2D eigenvalue weighted by molar-refractivity contribution is 6.25. The lowest BCUT2D eigenvalue weighted by atomic mass is 10.1. The number of hydrogen-bond acceptors (Lipinski definition) is 2. The Morgan fingerprint density at radius 2 is 0.880 bits per heavy atom. The summed E-state index contributed by atoms with van der Waals surface area (Å²) < 4.78 is 11.4. The van der Waals surface area contributed by atoms with Gasteiger partial charge >= 0.3 is 0 Å². The van der Waals surface area contributed by atoms with Crippen molar-refractivity contribution in [1.82, 2.24) is 8.80 Å². The Bertz CT molecular complexity index is 3340. The molecule has 0 aliphatic heterocycles. The summed E-state index contributed by atoms with van der Waals surface area (Å²) in [6, 6.07) is 59.4. The van der Waals surface area contributed by atoms with Crippen LogP contribution in [0.3, 0.4) is 0 Å². The Hall–Kier alpha value is -6.78. The normalized spacial score (nSPS) is 12.4. The minimum atomic E-state index is 0.876. The van der Waals surface area contributed by atoms with E-state index in [9.17, 15) is 0 Å². The van der Waals surface area contributed by atoms with E-state index in [1.807, 2.05) is 12.1 Å². The van der Waals surface area contributed by atoms with Crippen LogP contribution in [0.4, 0.5) is 17.1 Å². The molecule has 12 rings (SSSR count). The molecule has 0 saturated heterocycles. The van der Waals surface area contributed by atoms with Crippen LogP contribution < -0.4 is 4.90 Å². The Morgan fingerprint density at radius 3 is 1.66 bits per heavy atom. The summed E-state index contributed by atoms with van der Waals surface area (Å²) in [5, 5.41) is 9.76. The molecule has 12 aromatic rings. The molecule has 4 heterocycles. The van der Waals surface area contributed by atoms with Crippen LogP contribution in [0, 0.1) is 0 Å². The fourth-order valence-corrected chi connectivity index (χ4v) is 8.64. The third-order valence-electron chi connectivity index (χ3n) is 10.8. The van der Waals surface area contributed by atoms with Gasteiger partial charge in [-0.05, 0) is 71.4 Å². The summed E-state index contributed by atoms with van der Waals surface area (Å²) in [6.07, 6.45) is 0. The molecule has 4 aromatic heterocycles. The molecule has 0 spiro atoms. The van der Waals surface area contributed by atoms with Crippen LogP contribution in [0.5, 0.6) is 0 Å². The summed E-state index contributed by atoms with van der Waals surface area (Å²) in [5.41, 5.74) is 12.3. The zero-order chi connectivity index (χ0) is 32.5. The minimum absolute atomic E-state index is 0.876. The number of furan rings is 1. The zero-order valence-electron chi connectivity index (χ0n) is 26.8. The number of hydrogen-bond donors (Lipinski definition) is 0. The van der Waals surface area contributed by atoms with E-state index >= 15 is 0 Å². The molecule has 0 radical (unpaired) electrons. The maximum absolute atomic E-state index is 6.42. The molecule has 4 heteroatoms. The van der Waals surface area contributed by atoms with E-state index in [1.54, 1.807) is 0 Å². The van der Waals surface area contributed by atoms with Gasteiger partial charge in [0, 0.05) is 55.4 Å². The van der Waals surface area contributed by atoms with Crippen molar-refractivity contribution in [2.45, 2.75) is 0 Å². The van der Waals surface area contributed by atoms with E-state index in [-0.39, 0.29) is 0 Å². The van der Waals surface area contributed by atoms with Crippen LogP contribution in [0.25, 0.3) is 87.4 Å². The monoisotopic (exact) mass is 637 g/mol. The second-order valence-corrected chi connectivity index (χ2v) is 13.4. The van der Waals surface area contributed by atoms with Crippen LogP contribution in [0.1, 0.15) is 0 Å². The van der Waals surface area contributed by atoms with Gasteiger partial charge in [0.15, 0.2) is 0 Å². The molecule has 0 unspecified atom stereocenters. The van der Waals surface area contributed by atoms with Gasteiger partial charge in [0.25, 0.3) is 0 Å². The number of benzene rings is 8. The minimum Gasteiger partial charge on any atom is -0.456 e. The molecular formula is C46H27N3O. The Balaban J connectivity index is 1.21. The number of para-hydroxylation sites is 3.